The zero-order valence-corrected chi connectivity index (χ0v) is 15.2. The number of hydrogen-bond acceptors (Lipinski definition) is 4. The normalized spacial score (nSPS) is 22.9. The van der Waals surface area contributed by atoms with E-state index in [0.29, 0.717) is 11.3 Å². The summed E-state index contributed by atoms with van der Waals surface area (Å²) < 4.78 is 25.0. The number of hydrazine groups is 1. The molecule has 0 aliphatic carbocycles. The number of carbonyl (C=O) groups is 2. The first-order chi connectivity index (χ1) is 13.5. The van der Waals surface area contributed by atoms with E-state index < -0.39 is 30.0 Å². The summed E-state index contributed by atoms with van der Waals surface area (Å²) in [4.78, 5) is 25.2. The van der Waals surface area contributed by atoms with E-state index in [4.69, 9.17) is 15.2 Å². The van der Waals surface area contributed by atoms with Crippen molar-refractivity contribution in [2.75, 3.05) is 13.2 Å². The molecular weight excluding hydrogens is 365 g/mol. The summed E-state index contributed by atoms with van der Waals surface area (Å²) in [7, 11) is 0. The lowest BCUT2D eigenvalue weighted by molar-refractivity contribution is 0.00693. The lowest BCUT2D eigenvalue weighted by Crippen LogP contribution is -2.49. The number of amides is 3. The Bertz CT molecular complexity index is 908. The highest BCUT2D eigenvalue weighted by Gasteiger charge is 2.55. The Morgan fingerprint density at radius 1 is 1.18 bits per heavy atom. The Hall–Kier alpha value is -3.29. The molecule has 8 heteroatoms. The number of primary amides is 1. The maximum atomic E-state index is 14.0. The molecule has 2 aromatic carbocycles. The van der Waals surface area contributed by atoms with Crippen molar-refractivity contribution in [3.05, 3.63) is 65.5 Å². The van der Waals surface area contributed by atoms with Gasteiger partial charge in [-0.1, -0.05) is 30.3 Å². The van der Waals surface area contributed by atoms with E-state index in [-0.39, 0.29) is 19.1 Å². The molecule has 0 aromatic heterocycles. The molecule has 1 fully saturated rings. The van der Waals surface area contributed by atoms with Gasteiger partial charge in [0.05, 0.1) is 25.3 Å². The van der Waals surface area contributed by atoms with Crippen LogP contribution in [-0.2, 0) is 4.74 Å². The molecule has 0 spiro atoms. The Morgan fingerprint density at radius 2 is 1.93 bits per heavy atom. The van der Waals surface area contributed by atoms with E-state index in [1.54, 1.807) is 6.92 Å². The van der Waals surface area contributed by atoms with Gasteiger partial charge in [-0.05, 0) is 30.7 Å². The average Bonchev–Trinajstić information content (AvgIpc) is 3.05. The maximum absolute atomic E-state index is 14.0. The standard InChI is InChI=1S/C20H20FN3O4/c1-2-27-20(26)24-17(12-6-4-3-5-7-12)15-11-28-16-9-8-13(21)10-14(16)18(15)23(24)19(22)25/h3-10,15,17-18H,2,11H2,1H3,(H2,22,25)/t15-,17+,18?/m0/s1. The predicted octanol–water partition coefficient (Wildman–Crippen LogP) is 3.38. The van der Waals surface area contributed by atoms with Gasteiger partial charge in [-0.3, -0.25) is 0 Å². The Balaban J connectivity index is 1.89. The van der Waals surface area contributed by atoms with E-state index in [0.717, 1.165) is 5.56 Å². The maximum Gasteiger partial charge on any atom is 0.429 e. The number of fused-ring (bicyclic) bond motifs is 3. The molecule has 28 heavy (non-hydrogen) atoms. The molecule has 4 rings (SSSR count). The fourth-order valence-corrected chi connectivity index (χ4v) is 4.09. The van der Waals surface area contributed by atoms with Crippen LogP contribution in [-0.4, -0.2) is 35.4 Å². The van der Waals surface area contributed by atoms with Gasteiger partial charge in [0.15, 0.2) is 0 Å². The van der Waals surface area contributed by atoms with Crippen LogP contribution in [0.25, 0.3) is 0 Å². The Kier molecular flexibility index (Phi) is 4.54. The number of urea groups is 1. The summed E-state index contributed by atoms with van der Waals surface area (Å²) >= 11 is 0. The van der Waals surface area contributed by atoms with Gasteiger partial charge in [-0.2, -0.15) is 0 Å². The number of rotatable bonds is 2. The number of nitrogens with two attached hydrogens (primary N) is 1. The molecule has 7 nitrogen and oxygen atoms in total. The molecule has 2 aliphatic rings. The molecular formula is C20H20FN3O4. The highest BCUT2D eigenvalue weighted by Crippen LogP contribution is 2.53. The van der Waals surface area contributed by atoms with Crippen LogP contribution < -0.4 is 10.5 Å². The van der Waals surface area contributed by atoms with Crippen molar-refractivity contribution in [3.8, 4) is 5.75 Å². The second kappa shape index (κ2) is 7.03. The number of nitrogens with zero attached hydrogens (tertiary/aromatic N) is 2. The lowest BCUT2D eigenvalue weighted by atomic mass is 9.84. The molecule has 2 aromatic rings. The van der Waals surface area contributed by atoms with Crippen LogP contribution in [0.1, 0.15) is 30.1 Å². The van der Waals surface area contributed by atoms with E-state index >= 15 is 0 Å². The number of hydrogen-bond donors (Lipinski definition) is 1. The molecule has 1 unspecified atom stereocenters. The summed E-state index contributed by atoms with van der Waals surface area (Å²) in [6, 6.07) is 11.4. The van der Waals surface area contributed by atoms with Gasteiger partial charge < -0.3 is 15.2 Å². The highest BCUT2D eigenvalue weighted by molar-refractivity contribution is 5.79. The summed E-state index contributed by atoms with van der Waals surface area (Å²) in [5.74, 6) is -0.335. The van der Waals surface area contributed by atoms with Crippen molar-refractivity contribution in [1.82, 2.24) is 10.0 Å². The van der Waals surface area contributed by atoms with Crippen LogP contribution in [0.4, 0.5) is 14.0 Å². The third-order valence-electron chi connectivity index (χ3n) is 5.11. The van der Waals surface area contributed by atoms with E-state index in [9.17, 15) is 14.0 Å². The molecule has 2 aliphatic heterocycles. The fraction of sp³-hybridized carbons (Fsp3) is 0.300. The summed E-state index contributed by atoms with van der Waals surface area (Å²) in [6.45, 7) is 2.06. The van der Waals surface area contributed by atoms with Crippen molar-refractivity contribution in [1.29, 1.82) is 0 Å². The average molecular weight is 385 g/mol. The number of carbonyl (C=O) groups excluding carboxylic acids is 2. The molecule has 3 amide bonds. The quantitative estimate of drug-likeness (QED) is 0.859. The molecule has 2 heterocycles. The molecule has 1 saturated heterocycles. The van der Waals surface area contributed by atoms with Crippen LogP contribution in [0.2, 0.25) is 0 Å². The first-order valence-electron chi connectivity index (χ1n) is 9.04. The Labute approximate surface area is 161 Å². The minimum atomic E-state index is -0.821. The van der Waals surface area contributed by atoms with Crippen LogP contribution >= 0.6 is 0 Å². The molecule has 3 atom stereocenters. The van der Waals surface area contributed by atoms with Gasteiger partial charge in [0.2, 0.25) is 0 Å². The topological polar surface area (TPSA) is 85.1 Å². The van der Waals surface area contributed by atoms with Crippen LogP contribution in [0, 0.1) is 11.7 Å². The van der Waals surface area contributed by atoms with Crippen molar-refractivity contribution >= 4 is 12.1 Å². The zero-order chi connectivity index (χ0) is 19.8. The SMILES string of the molecule is CCOC(=O)N1[C@H](c2ccccc2)[C@@H]2COc3ccc(F)cc3C2N1C(N)=O. The van der Waals surface area contributed by atoms with Gasteiger partial charge in [-0.15, -0.1) is 0 Å². The number of ether oxygens (including phenoxy) is 2. The van der Waals surface area contributed by atoms with E-state index in [2.05, 4.69) is 0 Å². The highest BCUT2D eigenvalue weighted by atomic mass is 19.1. The predicted molar refractivity (Wildman–Crippen MR) is 97.6 cm³/mol. The van der Waals surface area contributed by atoms with Gasteiger partial charge >= 0.3 is 12.1 Å². The largest absolute Gasteiger partial charge is 0.493 e. The van der Waals surface area contributed by atoms with Crippen molar-refractivity contribution in [2.24, 2.45) is 11.7 Å². The number of benzene rings is 2. The van der Waals surface area contributed by atoms with Crippen molar-refractivity contribution in [3.63, 3.8) is 0 Å². The minimum Gasteiger partial charge on any atom is -0.493 e. The molecule has 0 radical (unpaired) electrons. The van der Waals surface area contributed by atoms with E-state index in [1.807, 2.05) is 30.3 Å². The van der Waals surface area contributed by atoms with Crippen molar-refractivity contribution in [2.45, 2.75) is 19.0 Å². The van der Waals surface area contributed by atoms with Gasteiger partial charge in [0, 0.05) is 11.5 Å². The van der Waals surface area contributed by atoms with Crippen LogP contribution in [0.5, 0.6) is 5.75 Å². The van der Waals surface area contributed by atoms with Crippen LogP contribution in [0.3, 0.4) is 0 Å². The summed E-state index contributed by atoms with van der Waals surface area (Å²) in [5, 5.41) is 2.40. The first kappa shape index (κ1) is 18.1. The van der Waals surface area contributed by atoms with Gasteiger partial charge in [0.25, 0.3) is 0 Å². The van der Waals surface area contributed by atoms with E-state index in [1.165, 1.54) is 28.2 Å². The Morgan fingerprint density at radius 3 is 2.61 bits per heavy atom. The van der Waals surface area contributed by atoms with Gasteiger partial charge in [0.1, 0.15) is 11.6 Å². The lowest BCUT2D eigenvalue weighted by Gasteiger charge is -2.33. The number of halogens is 1. The van der Waals surface area contributed by atoms with Crippen LogP contribution in [0.15, 0.2) is 48.5 Å². The first-order valence-corrected chi connectivity index (χ1v) is 9.04. The zero-order valence-electron chi connectivity index (χ0n) is 15.2. The second-order valence-electron chi connectivity index (χ2n) is 6.68. The fourth-order valence-electron chi connectivity index (χ4n) is 4.09. The van der Waals surface area contributed by atoms with Crippen molar-refractivity contribution < 1.29 is 23.5 Å². The monoisotopic (exact) mass is 385 g/mol. The van der Waals surface area contributed by atoms with Gasteiger partial charge in [-0.25, -0.2) is 24.0 Å². The minimum absolute atomic E-state index is 0.139. The smallest absolute Gasteiger partial charge is 0.429 e. The third kappa shape index (κ3) is 2.81. The molecule has 146 valence electrons. The molecule has 2 N–H and O–H groups in total. The summed E-state index contributed by atoms with van der Waals surface area (Å²) in [6.07, 6.45) is -0.692. The summed E-state index contributed by atoms with van der Waals surface area (Å²) in [5.41, 5.74) is 6.95. The molecule has 0 saturated carbocycles. The third-order valence-corrected chi connectivity index (χ3v) is 5.11. The molecule has 0 bridgehead atoms. The second-order valence-corrected chi connectivity index (χ2v) is 6.68.